The number of rotatable bonds is 6. The fraction of sp³-hybridized carbons (Fsp3) is 0.800. The number of carbonyl (C=O) groups is 2. The van der Waals surface area contributed by atoms with E-state index in [-0.39, 0.29) is 11.6 Å². The molecule has 0 heterocycles. The Balaban J connectivity index is 1.69. The Hall–Kier alpha value is -1.32. The number of ether oxygens (including phenoxy) is 2. The highest BCUT2D eigenvalue weighted by Gasteiger charge is 2.57. The van der Waals surface area contributed by atoms with Crippen LogP contribution in [-0.2, 0) is 19.1 Å². The molecule has 4 rings (SSSR count). The average Bonchev–Trinajstić information content (AvgIpc) is 2.51. The Labute approximate surface area is 145 Å². The molecule has 0 amide bonds. The molecule has 4 aliphatic carbocycles. The van der Waals surface area contributed by atoms with Crippen molar-refractivity contribution in [3.05, 3.63) is 12.2 Å². The van der Waals surface area contributed by atoms with Crippen LogP contribution in [0.25, 0.3) is 0 Å². The average molecular weight is 334 g/mol. The maximum absolute atomic E-state index is 12.8. The van der Waals surface area contributed by atoms with Gasteiger partial charge in [-0.05, 0) is 76.0 Å². The van der Waals surface area contributed by atoms with E-state index in [1.807, 2.05) is 6.92 Å². The zero-order valence-corrected chi connectivity index (χ0v) is 15.2. The predicted molar refractivity (Wildman–Crippen MR) is 91.1 cm³/mol. The predicted octanol–water partition coefficient (Wildman–Crippen LogP) is 4.03. The Morgan fingerprint density at radius 1 is 1.12 bits per heavy atom. The van der Waals surface area contributed by atoms with Gasteiger partial charge in [-0.15, -0.1) is 0 Å². The molecule has 4 nitrogen and oxygen atoms in total. The van der Waals surface area contributed by atoms with Crippen LogP contribution in [0.2, 0.25) is 0 Å². The van der Waals surface area contributed by atoms with Crippen LogP contribution < -0.4 is 0 Å². The highest BCUT2D eigenvalue weighted by atomic mass is 16.6. The monoisotopic (exact) mass is 334 g/mol. The molecule has 0 aliphatic heterocycles. The van der Waals surface area contributed by atoms with Crippen molar-refractivity contribution < 1.29 is 19.1 Å². The molecule has 24 heavy (non-hydrogen) atoms. The third-order valence-electron chi connectivity index (χ3n) is 6.49. The lowest BCUT2D eigenvalue weighted by molar-refractivity contribution is -0.212. The largest absolute Gasteiger partial charge is 0.456 e. The van der Waals surface area contributed by atoms with Crippen LogP contribution in [-0.4, -0.2) is 23.6 Å². The molecule has 0 saturated heterocycles. The van der Waals surface area contributed by atoms with Crippen LogP contribution in [0.3, 0.4) is 0 Å². The number of hydrogen-bond acceptors (Lipinski definition) is 4. The van der Waals surface area contributed by atoms with Crippen molar-refractivity contribution in [2.45, 2.75) is 77.4 Å². The van der Waals surface area contributed by atoms with Crippen LogP contribution in [0, 0.1) is 23.7 Å². The standard InChI is InChI=1S/C20H30O4/c1-5-6-17(23-18(21)12(2)3)19(22)24-20(4)15-8-13-7-14(10-15)11-16(20)9-13/h13-17H,2,5-11H2,1,3-4H3. The van der Waals surface area contributed by atoms with E-state index in [4.69, 9.17) is 9.47 Å². The fourth-order valence-electron chi connectivity index (χ4n) is 5.29. The van der Waals surface area contributed by atoms with Crippen molar-refractivity contribution in [1.29, 1.82) is 0 Å². The minimum absolute atomic E-state index is 0.310. The molecule has 0 aromatic heterocycles. The summed E-state index contributed by atoms with van der Waals surface area (Å²) in [7, 11) is 0. The highest BCUT2D eigenvalue weighted by Crippen LogP contribution is 2.59. The summed E-state index contributed by atoms with van der Waals surface area (Å²) in [6, 6.07) is 0. The molecule has 1 unspecified atom stereocenters. The zero-order valence-electron chi connectivity index (χ0n) is 15.2. The van der Waals surface area contributed by atoms with E-state index in [9.17, 15) is 9.59 Å². The van der Waals surface area contributed by atoms with E-state index < -0.39 is 12.1 Å². The van der Waals surface area contributed by atoms with Gasteiger partial charge >= 0.3 is 11.9 Å². The summed E-state index contributed by atoms with van der Waals surface area (Å²) in [5.41, 5.74) is -0.0729. The molecule has 0 N–H and O–H groups in total. The fourth-order valence-corrected chi connectivity index (χ4v) is 5.29. The van der Waals surface area contributed by atoms with Crippen molar-refractivity contribution in [3.63, 3.8) is 0 Å². The van der Waals surface area contributed by atoms with Gasteiger partial charge in [0.2, 0.25) is 0 Å². The summed E-state index contributed by atoms with van der Waals surface area (Å²) in [5, 5.41) is 0. The lowest BCUT2D eigenvalue weighted by Crippen LogP contribution is -2.58. The normalized spacial score (nSPS) is 37.8. The molecule has 4 saturated carbocycles. The van der Waals surface area contributed by atoms with Crippen molar-refractivity contribution in [2.75, 3.05) is 0 Å². The number of hydrogen-bond donors (Lipinski definition) is 0. The summed E-state index contributed by atoms with van der Waals surface area (Å²) in [4.78, 5) is 24.6. The second-order valence-corrected chi connectivity index (χ2v) is 8.37. The molecule has 0 radical (unpaired) electrons. The topological polar surface area (TPSA) is 52.6 Å². The second-order valence-electron chi connectivity index (χ2n) is 8.37. The third-order valence-corrected chi connectivity index (χ3v) is 6.49. The first-order valence-corrected chi connectivity index (χ1v) is 9.42. The van der Waals surface area contributed by atoms with E-state index in [2.05, 4.69) is 13.5 Å². The Morgan fingerprint density at radius 2 is 1.67 bits per heavy atom. The van der Waals surface area contributed by atoms with E-state index in [0.717, 1.165) is 18.3 Å². The molecule has 4 fully saturated rings. The van der Waals surface area contributed by atoms with Gasteiger partial charge in [-0.1, -0.05) is 19.9 Å². The third kappa shape index (κ3) is 3.12. The smallest absolute Gasteiger partial charge is 0.348 e. The van der Waals surface area contributed by atoms with Gasteiger partial charge in [0.25, 0.3) is 0 Å². The van der Waals surface area contributed by atoms with Crippen LogP contribution in [0.5, 0.6) is 0 Å². The van der Waals surface area contributed by atoms with Crippen molar-refractivity contribution in [3.8, 4) is 0 Å². The van der Waals surface area contributed by atoms with Crippen molar-refractivity contribution in [2.24, 2.45) is 23.7 Å². The van der Waals surface area contributed by atoms with Crippen LogP contribution in [0.1, 0.15) is 65.7 Å². The molecule has 0 spiro atoms. The Morgan fingerprint density at radius 3 is 2.12 bits per heavy atom. The molecular formula is C20H30O4. The van der Waals surface area contributed by atoms with Gasteiger partial charge in [-0.2, -0.15) is 0 Å². The van der Waals surface area contributed by atoms with E-state index in [1.54, 1.807) is 6.92 Å². The van der Waals surface area contributed by atoms with E-state index in [1.165, 1.54) is 32.1 Å². The summed E-state index contributed by atoms with van der Waals surface area (Å²) in [6.45, 7) is 9.27. The summed E-state index contributed by atoms with van der Waals surface area (Å²) in [6.07, 6.45) is 6.54. The first kappa shape index (κ1) is 17.5. The van der Waals surface area contributed by atoms with Crippen LogP contribution in [0.4, 0.5) is 0 Å². The summed E-state index contributed by atoms with van der Waals surface area (Å²) < 4.78 is 11.4. The van der Waals surface area contributed by atoms with Gasteiger partial charge in [0.1, 0.15) is 5.60 Å². The zero-order chi connectivity index (χ0) is 17.5. The lowest BCUT2D eigenvalue weighted by Gasteiger charge is -2.59. The van der Waals surface area contributed by atoms with Gasteiger partial charge in [-0.3, -0.25) is 0 Å². The summed E-state index contributed by atoms with van der Waals surface area (Å²) in [5.74, 6) is 1.70. The first-order chi connectivity index (χ1) is 11.3. The molecule has 1 atom stereocenters. The maximum atomic E-state index is 12.8. The Kier molecular flexibility index (Phi) is 4.76. The molecule has 4 bridgehead atoms. The quantitative estimate of drug-likeness (QED) is 0.543. The van der Waals surface area contributed by atoms with Crippen LogP contribution in [0.15, 0.2) is 12.2 Å². The molecule has 0 aromatic rings. The maximum Gasteiger partial charge on any atom is 0.348 e. The van der Waals surface area contributed by atoms with Gasteiger partial charge in [0.15, 0.2) is 6.10 Å². The van der Waals surface area contributed by atoms with Crippen molar-refractivity contribution in [1.82, 2.24) is 0 Å². The lowest BCUT2D eigenvalue weighted by atomic mass is 9.50. The van der Waals surface area contributed by atoms with Crippen molar-refractivity contribution >= 4 is 11.9 Å². The molecule has 0 aromatic carbocycles. The minimum atomic E-state index is -0.812. The molecule has 4 heteroatoms. The van der Waals surface area contributed by atoms with E-state index >= 15 is 0 Å². The number of esters is 2. The van der Waals surface area contributed by atoms with Gasteiger partial charge in [0.05, 0.1) is 0 Å². The minimum Gasteiger partial charge on any atom is -0.456 e. The molecule has 134 valence electrons. The molecular weight excluding hydrogens is 304 g/mol. The van der Waals surface area contributed by atoms with Gasteiger partial charge in [0, 0.05) is 5.57 Å². The molecule has 4 aliphatic rings. The van der Waals surface area contributed by atoms with Crippen LogP contribution >= 0.6 is 0 Å². The Bertz CT molecular complexity index is 508. The second kappa shape index (κ2) is 6.53. The highest BCUT2D eigenvalue weighted by molar-refractivity contribution is 5.89. The van der Waals surface area contributed by atoms with Gasteiger partial charge in [-0.25, -0.2) is 9.59 Å². The van der Waals surface area contributed by atoms with Gasteiger partial charge < -0.3 is 9.47 Å². The summed E-state index contributed by atoms with van der Waals surface area (Å²) >= 11 is 0. The van der Waals surface area contributed by atoms with E-state index in [0.29, 0.717) is 23.8 Å². The SMILES string of the molecule is C=C(C)C(=O)OC(CCC)C(=O)OC1(C)C2CC3CC(C2)CC1C3. The number of carbonyl (C=O) groups excluding carboxylic acids is 2. The first-order valence-electron chi connectivity index (χ1n) is 9.42.